The lowest BCUT2D eigenvalue weighted by atomic mass is 10.3. The van der Waals surface area contributed by atoms with Gasteiger partial charge in [-0.05, 0) is 25.3 Å². The van der Waals surface area contributed by atoms with E-state index in [2.05, 4.69) is 32.4 Å². The van der Waals surface area contributed by atoms with E-state index in [1.165, 1.54) is 34.4 Å². The van der Waals surface area contributed by atoms with Gasteiger partial charge in [0.2, 0.25) is 5.91 Å². The number of nitrogens with one attached hydrogen (secondary N) is 2. The molecule has 0 fully saturated rings. The van der Waals surface area contributed by atoms with Crippen LogP contribution >= 0.6 is 34.4 Å². The van der Waals surface area contributed by atoms with Gasteiger partial charge in [-0.15, -0.1) is 39.4 Å². The van der Waals surface area contributed by atoms with E-state index in [4.69, 9.17) is 0 Å². The smallest absolute Gasteiger partial charge is 0.261 e. The molecule has 3 rings (SSSR count). The fourth-order valence-corrected chi connectivity index (χ4v) is 4.55. The van der Waals surface area contributed by atoms with Crippen LogP contribution in [0.3, 0.4) is 0 Å². The van der Waals surface area contributed by atoms with Crippen LogP contribution in [0.4, 0.5) is 5.13 Å². The maximum Gasteiger partial charge on any atom is 0.261 e. The van der Waals surface area contributed by atoms with Crippen molar-refractivity contribution in [3.05, 3.63) is 51.9 Å². The number of rotatable bonds is 9. The number of carbonyl (C=O) groups is 2. The summed E-state index contributed by atoms with van der Waals surface area (Å²) >= 11 is 4.03. The highest BCUT2D eigenvalue weighted by molar-refractivity contribution is 7.99. The molecule has 1 unspecified atom stereocenters. The Hall–Kier alpha value is -2.50. The monoisotopic (exact) mass is 448 g/mol. The normalized spacial score (nSPS) is 11.8. The van der Waals surface area contributed by atoms with Crippen molar-refractivity contribution in [2.24, 2.45) is 0 Å². The van der Waals surface area contributed by atoms with E-state index in [1.54, 1.807) is 12.1 Å². The van der Waals surface area contributed by atoms with E-state index < -0.39 is 0 Å². The quantitative estimate of drug-likeness (QED) is 0.384. The first kappa shape index (κ1) is 21.2. The van der Waals surface area contributed by atoms with Crippen molar-refractivity contribution < 1.29 is 9.59 Å². The first-order valence-electron chi connectivity index (χ1n) is 8.71. The standard InChI is InChI=1S/C18H20N6O2S3/c1-4-7-24-15(12(3)20-16(26)13-6-5-8-27-13)22-23-18(24)29-10-14(25)21-17-19-11(2)9-28-17/h4-6,8-9,12H,1,7,10H2,2-3H3,(H,20,26)(H,19,21,25). The molecule has 3 aromatic rings. The van der Waals surface area contributed by atoms with Crippen molar-refractivity contribution in [2.45, 2.75) is 31.6 Å². The van der Waals surface area contributed by atoms with Crippen LogP contribution in [0.1, 0.15) is 34.2 Å². The maximum atomic E-state index is 12.3. The summed E-state index contributed by atoms with van der Waals surface area (Å²) in [7, 11) is 0. The minimum atomic E-state index is -0.349. The first-order valence-corrected chi connectivity index (χ1v) is 11.5. The molecule has 0 aromatic carbocycles. The Bertz CT molecular complexity index is 995. The second-order valence-electron chi connectivity index (χ2n) is 6.04. The summed E-state index contributed by atoms with van der Waals surface area (Å²) in [4.78, 5) is 29.4. The molecule has 11 heteroatoms. The molecular weight excluding hydrogens is 428 g/mol. The number of allylic oxidation sites excluding steroid dienone is 1. The molecule has 0 bridgehead atoms. The van der Waals surface area contributed by atoms with E-state index in [0.29, 0.717) is 27.5 Å². The van der Waals surface area contributed by atoms with Gasteiger partial charge in [-0.2, -0.15) is 0 Å². The molecule has 3 heterocycles. The zero-order valence-electron chi connectivity index (χ0n) is 15.9. The SMILES string of the molecule is C=CCn1c(SCC(=O)Nc2nc(C)cs2)nnc1C(C)NC(=O)c1cccs1. The third-order valence-corrected chi connectivity index (χ3v) is 6.45. The van der Waals surface area contributed by atoms with Gasteiger partial charge in [-0.1, -0.05) is 23.9 Å². The molecule has 0 aliphatic carbocycles. The molecule has 0 aliphatic heterocycles. The maximum absolute atomic E-state index is 12.3. The number of aromatic nitrogens is 4. The van der Waals surface area contributed by atoms with Gasteiger partial charge in [0, 0.05) is 11.9 Å². The second-order valence-corrected chi connectivity index (χ2v) is 8.79. The number of thiazole rings is 1. The topological polar surface area (TPSA) is 102 Å². The van der Waals surface area contributed by atoms with Crippen LogP contribution in [0.25, 0.3) is 0 Å². The van der Waals surface area contributed by atoms with Crippen LogP contribution in [0.5, 0.6) is 0 Å². The van der Waals surface area contributed by atoms with E-state index in [0.717, 1.165) is 5.69 Å². The van der Waals surface area contributed by atoms with Crippen LogP contribution in [-0.4, -0.2) is 37.3 Å². The lowest BCUT2D eigenvalue weighted by Crippen LogP contribution is -2.28. The highest BCUT2D eigenvalue weighted by Crippen LogP contribution is 2.22. The molecule has 0 spiro atoms. The minimum absolute atomic E-state index is 0.159. The predicted molar refractivity (Wildman–Crippen MR) is 117 cm³/mol. The number of anilines is 1. The summed E-state index contributed by atoms with van der Waals surface area (Å²) in [5.41, 5.74) is 0.868. The number of thioether (sulfide) groups is 1. The summed E-state index contributed by atoms with van der Waals surface area (Å²) in [6.45, 7) is 7.97. The van der Waals surface area contributed by atoms with E-state index in [1.807, 2.05) is 35.2 Å². The average molecular weight is 449 g/mol. The fraction of sp³-hybridized carbons (Fsp3) is 0.278. The summed E-state index contributed by atoms with van der Waals surface area (Å²) in [6.07, 6.45) is 1.73. The molecule has 1 atom stereocenters. The lowest BCUT2D eigenvalue weighted by Gasteiger charge is -2.14. The number of amides is 2. The Kier molecular flexibility index (Phi) is 7.18. The third-order valence-electron chi connectivity index (χ3n) is 3.73. The van der Waals surface area contributed by atoms with Gasteiger partial charge >= 0.3 is 0 Å². The van der Waals surface area contributed by atoms with Crippen molar-refractivity contribution in [3.63, 3.8) is 0 Å². The number of aryl methyl sites for hydroxylation is 1. The molecule has 0 saturated carbocycles. The summed E-state index contributed by atoms with van der Waals surface area (Å²) in [5.74, 6) is 0.448. The Balaban J connectivity index is 1.65. The Morgan fingerprint density at radius 2 is 2.21 bits per heavy atom. The zero-order valence-corrected chi connectivity index (χ0v) is 18.4. The van der Waals surface area contributed by atoms with Gasteiger partial charge < -0.3 is 15.2 Å². The van der Waals surface area contributed by atoms with Gasteiger partial charge in [0.05, 0.1) is 22.4 Å². The average Bonchev–Trinajstić information content (AvgIpc) is 3.42. The van der Waals surface area contributed by atoms with Gasteiger partial charge in [-0.25, -0.2) is 4.98 Å². The predicted octanol–water partition coefficient (Wildman–Crippen LogP) is 3.51. The molecule has 0 saturated heterocycles. The van der Waals surface area contributed by atoms with Gasteiger partial charge in [0.15, 0.2) is 16.1 Å². The molecule has 0 radical (unpaired) electrons. The van der Waals surface area contributed by atoms with Gasteiger partial charge in [-0.3, -0.25) is 9.59 Å². The molecule has 2 N–H and O–H groups in total. The highest BCUT2D eigenvalue weighted by Gasteiger charge is 2.21. The second kappa shape index (κ2) is 9.81. The molecule has 152 valence electrons. The molecule has 8 nitrogen and oxygen atoms in total. The number of nitrogens with zero attached hydrogens (tertiary/aromatic N) is 4. The zero-order chi connectivity index (χ0) is 20.8. The van der Waals surface area contributed by atoms with E-state index in [9.17, 15) is 9.59 Å². The van der Waals surface area contributed by atoms with Gasteiger partial charge in [0.25, 0.3) is 5.91 Å². The van der Waals surface area contributed by atoms with Gasteiger partial charge in [0.1, 0.15) is 0 Å². The van der Waals surface area contributed by atoms with E-state index >= 15 is 0 Å². The highest BCUT2D eigenvalue weighted by atomic mass is 32.2. The fourth-order valence-electron chi connectivity index (χ4n) is 2.46. The van der Waals surface area contributed by atoms with Crippen LogP contribution in [0.2, 0.25) is 0 Å². The first-order chi connectivity index (χ1) is 14.0. The third kappa shape index (κ3) is 5.52. The van der Waals surface area contributed by atoms with Crippen molar-refractivity contribution in [2.75, 3.05) is 11.1 Å². The minimum Gasteiger partial charge on any atom is -0.342 e. The van der Waals surface area contributed by atoms with Crippen LogP contribution in [0.15, 0.2) is 40.7 Å². The molecule has 29 heavy (non-hydrogen) atoms. The molecule has 0 aliphatic rings. The molecular formula is C18H20N6O2S3. The summed E-state index contributed by atoms with van der Waals surface area (Å²) < 4.78 is 1.85. The van der Waals surface area contributed by atoms with Crippen LogP contribution in [-0.2, 0) is 11.3 Å². The van der Waals surface area contributed by atoms with Crippen LogP contribution in [0, 0.1) is 6.92 Å². The number of hydrogen-bond donors (Lipinski definition) is 2. The number of hydrogen-bond acceptors (Lipinski definition) is 8. The molecule has 3 aromatic heterocycles. The number of thiophene rings is 1. The van der Waals surface area contributed by atoms with Crippen LogP contribution < -0.4 is 10.6 Å². The largest absolute Gasteiger partial charge is 0.342 e. The van der Waals surface area contributed by atoms with Crippen molar-refractivity contribution >= 4 is 51.4 Å². The van der Waals surface area contributed by atoms with Crippen molar-refractivity contribution in [3.8, 4) is 0 Å². The Morgan fingerprint density at radius 3 is 2.86 bits per heavy atom. The van der Waals surface area contributed by atoms with E-state index in [-0.39, 0.29) is 23.6 Å². The Morgan fingerprint density at radius 1 is 1.38 bits per heavy atom. The molecule has 2 amide bonds. The summed E-state index contributed by atoms with van der Waals surface area (Å²) in [5, 5.41) is 19.0. The lowest BCUT2D eigenvalue weighted by molar-refractivity contribution is -0.113. The number of carbonyl (C=O) groups excluding carboxylic acids is 2. The van der Waals surface area contributed by atoms with Crippen molar-refractivity contribution in [1.29, 1.82) is 0 Å². The summed E-state index contributed by atoms with van der Waals surface area (Å²) in [6, 6.07) is 3.25. The van der Waals surface area contributed by atoms with Crippen molar-refractivity contribution in [1.82, 2.24) is 25.1 Å². The Labute approximate surface area is 180 Å².